The number of methoxy groups -OCH3 is 1. The average molecular weight is 328 g/mol. The van der Waals surface area contributed by atoms with E-state index in [0.717, 1.165) is 38.5 Å². The van der Waals surface area contributed by atoms with Gasteiger partial charge in [0.25, 0.3) is 0 Å². The van der Waals surface area contributed by atoms with E-state index in [2.05, 4.69) is 17.7 Å². The van der Waals surface area contributed by atoms with E-state index >= 15 is 0 Å². The molecule has 3 aliphatic rings. The molecule has 4 rings (SSSR count). The molecule has 4 unspecified atom stereocenters. The van der Waals surface area contributed by atoms with Gasteiger partial charge in [-0.25, -0.2) is 4.79 Å². The SMILES string of the molecule is COC(=O)Oc1ccc2c(c1)CCC1C2CCC2(C)C(=O)CCC12. The van der Waals surface area contributed by atoms with Crippen molar-refractivity contribution < 1.29 is 19.1 Å². The topological polar surface area (TPSA) is 52.6 Å². The van der Waals surface area contributed by atoms with Gasteiger partial charge in [0, 0.05) is 11.8 Å². The minimum Gasteiger partial charge on any atom is -0.437 e. The third-order valence-electron chi connectivity index (χ3n) is 6.77. The standard InChI is InChI=1S/C20H24O4/c1-20-10-9-15-14-6-4-13(24-19(22)23-2)11-12(14)3-5-16(15)17(20)7-8-18(20)21/h4,6,11,15-17H,3,5,7-10H2,1-2H3. The van der Waals surface area contributed by atoms with Crippen LogP contribution in [-0.2, 0) is 16.0 Å². The van der Waals surface area contributed by atoms with Gasteiger partial charge in [-0.05, 0) is 73.1 Å². The molecule has 0 saturated heterocycles. The number of carbonyl (C=O) groups is 2. The van der Waals surface area contributed by atoms with Crippen LogP contribution in [0.5, 0.6) is 5.75 Å². The zero-order valence-electron chi connectivity index (χ0n) is 14.3. The molecule has 1 aromatic rings. The van der Waals surface area contributed by atoms with Crippen molar-refractivity contribution in [3.63, 3.8) is 0 Å². The largest absolute Gasteiger partial charge is 0.513 e. The van der Waals surface area contributed by atoms with E-state index in [-0.39, 0.29) is 5.41 Å². The molecule has 0 aromatic heterocycles. The molecule has 4 atom stereocenters. The maximum atomic E-state index is 12.4. The molecule has 0 aliphatic heterocycles. The van der Waals surface area contributed by atoms with Crippen LogP contribution in [0.4, 0.5) is 4.79 Å². The van der Waals surface area contributed by atoms with Gasteiger partial charge in [0.2, 0.25) is 0 Å². The van der Waals surface area contributed by atoms with Crippen molar-refractivity contribution >= 4 is 11.9 Å². The number of ether oxygens (including phenoxy) is 2. The lowest BCUT2D eigenvalue weighted by Gasteiger charge is -2.48. The Morgan fingerprint density at radius 1 is 1.21 bits per heavy atom. The lowest BCUT2D eigenvalue weighted by Crippen LogP contribution is -2.42. The van der Waals surface area contributed by atoms with Crippen molar-refractivity contribution in [1.82, 2.24) is 0 Å². The number of Topliss-reactive ketones (excluding diaryl/α,β-unsaturated/α-hetero) is 1. The van der Waals surface area contributed by atoms with Crippen molar-refractivity contribution in [2.75, 3.05) is 7.11 Å². The lowest BCUT2D eigenvalue weighted by atomic mass is 9.55. The third-order valence-corrected chi connectivity index (χ3v) is 6.77. The highest BCUT2D eigenvalue weighted by molar-refractivity contribution is 5.87. The minimum atomic E-state index is -0.679. The van der Waals surface area contributed by atoms with E-state index in [1.54, 1.807) is 0 Å². The van der Waals surface area contributed by atoms with Gasteiger partial charge < -0.3 is 9.47 Å². The van der Waals surface area contributed by atoms with Gasteiger partial charge in [0.15, 0.2) is 0 Å². The van der Waals surface area contributed by atoms with E-state index in [0.29, 0.717) is 29.3 Å². The molecule has 4 heteroatoms. The van der Waals surface area contributed by atoms with Crippen molar-refractivity contribution in [2.45, 2.75) is 51.4 Å². The first-order valence-corrected chi connectivity index (χ1v) is 8.95. The summed E-state index contributed by atoms with van der Waals surface area (Å²) in [7, 11) is 1.31. The molecule has 0 heterocycles. The quantitative estimate of drug-likeness (QED) is 0.571. The van der Waals surface area contributed by atoms with Crippen molar-refractivity contribution in [3.05, 3.63) is 29.3 Å². The number of carbonyl (C=O) groups excluding carboxylic acids is 2. The van der Waals surface area contributed by atoms with Crippen LogP contribution in [-0.4, -0.2) is 19.0 Å². The van der Waals surface area contributed by atoms with Crippen LogP contribution in [0.1, 0.15) is 56.1 Å². The number of hydrogen-bond acceptors (Lipinski definition) is 4. The molecule has 0 spiro atoms. The monoisotopic (exact) mass is 328 g/mol. The molecule has 128 valence electrons. The van der Waals surface area contributed by atoms with E-state index in [1.807, 2.05) is 12.1 Å². The second-order valence-electron chi connectivity index (χ2n) is 7.75. The molecule has 24 heavy (non-hydrogen) atoms. The Balaban J connectivity index is 1.61. The van der Waals surface area contributed by atoms with Crippen LogP contribution in [0.2, 0.25) is 0 Å². The molecule has 0 N–H and O–H groups in total. The van der Waals surface area contributed by atoms with E-state index < -0.39 is 6.16 Å². The van der Waals surface area contributed by atoms with E-state index in [4.69, 9.17) is 4.74 Å². The van der Waals surface area contributed by atoms with Gasteiger partial charge in [-0.2, -0.15) is 0 Å². The fourth-order valence-corrected chi connectivity index (χ4v) is 5.53. The van der Waals surface area contributed by atoms with E-state index in [1.165, 1.54) is 18.2 Å². The Hall–Kier alpha value is -1.84. The van der Waals surface area contributed by atoms with Crippen LogP contribution in [0, 0.1) is 17.3 Å². The van der Waals surface area contributed by atoms with Crippen molar-refractivity contribution in [3.8, 4) is 5.75 Å². The predicted octanol–water partition coefficient (Wildman–Crippen LogP) is 4.26. The van der Waals surface area contributed by atoms with Gasteiger partial charge in [-0.15, -0.1) is 0 Å². The summed E-state index contributed by atoms with van der Waals surface area (Å²) in [5.41, 5.74) is 2.60. The summed E-state index contributed by atoms with van der Waals surface area (Å²) in [6.45, 7) is 2.20. The summed E-state index contributed by atoms with van der Waals surface area (Å²) < 4.78 is 9.72. The average Bonchev–Trinajstić information content (AvgIpc) is 2.89. The smallest absolute Gasteiger partial charge is 0.437 e. The first-order chi connectivity index (χ1) is 11.5. The van der Waals surface area contributed by atoms with Gasteiger partial charge in [-0.3, -0.25) is 4.79 Å². The molecular formula is C20H24O4. The highest BCUT2D eigenvalue weighted by Crippen LogP contribution is 2.59. The van der Waals surface area contributed by atoms with E-state index in [9.17, 15) is 9.59 Å². The lowest BCUT2D eigenvalue weighted by molar-refractivity contribution is -0.129. The number of rotatable bonds is 1. The third kappa shape index (κ3) is 2.27. The fraction of sp³-hybridized carbons (Fsp3) is 0.600. The summed E-state index contributed by atoms with van der Waals surface area (Å²) in [5, 5.41) is 0. The summed E-state index contributed by atoms with van der Waals surface area (Å²) in [5.74, 6) is 2.75. The Morgan fingerprint density at radius 2 is 2.04 bits per heavy atom. The van der Waals surface area contributed by atoms with Crippen LogP contribution < -0.4 is 4.74 Å². The second kappa shape index (κ2) is 5.61. The van der Waals surface area contributed by atoms with Crippen LogP contribution in [0.15, 0.2) is 18.2 Å². The first kappa shape index (κ1) is 15.7. The minimum absolute atomic E-state index is 0.0768. The van der Waals surface area contributed by atoms with Gasteiger partial charge in [0.1, 0.15) is 11.5 Å². The Labute approximate surface area is 142 Å². The van der Waals surface area contributed by atoms with Crippen LogP contribution in [0.25, 0.3) is 0 Å². The highest BCUT2D eigenvalue weighted by atomic mass is 16.7. The summed E-state index contributed by atoms with van der Waals surface area (Å²) in [4.78, 5) is 23.7. The fourth-order valence-electron chi connectivity index (χ4n) is 5.53. The molecule has 4 nitrogen and oxygen atoms in total. The zero-order valence-corrected chi connectivity index (χ0v) is 14.3. The molecule has 3 aliphatic carbocycles. The molecule has 1 aromatic carbocycles. The number of fused-ring (bicyclic) bond motifs is 5. The summed E-state index contributed by atoms with van der Waals surface area (Å²) in [6, 6.07) is 5.96. The normalized spacial score (nSPS) is 34.1. The highest BCUT2D eigenvalue weighted by Gasteiger charge is 2.54. The Bertz CT molecular complexity index is 695. The van der Waals surface area contributed by atoms with Crippen molar-refractivity contribution in [2.24, 2.45) is 17.3 Å². The summed E-state index contributed by atoms with van der Waals surface area (Å²) in [6.07, 6.45) is 5.38. The van der Waals surface area contributed by atoms with Crippen LogP contribution in [0.3, 0.4) is 0 Å². The molecule has 2 fully saturated rings. The van der Waals surface area contributed by atoms with Crippen molar-refractivity contribution in [1.29, 1.82) is 0 Å². The molecule has 0 radical (unpaired) electrons. The molecule has 2 saturated carbocycles. The second-order valence-corrected chi connectivity index (χ2v) is 7.75. The zero-order chi connectivity index (χ0) is 16.9. The molecule has 0 bridgehead atoms. The predicted molar refractivity (Wildman–Crippen MR) is 89.1 cm³/mol. The number of ketones is 1. The molecule has 0 amide bonds. The van der Waals surface area contributed by atoms with Gasteiger partial charge in [0.05, 0.1) is 7.11 Å². The van der Waals surface area contributed by atoms with Gasteiger partial charge >= 0.3 is 6.16 Å². The maximum Gasteiger partial charge on any atom is 0.513 e. The maximum absolute atomic E-state index is 12.4. The molecular weight excluding hydrogens is 304 g/mol. The van der Waals surface area contributed by atoms with Gasteiger partial charge in [-0.1, -0.05) is 13.0 Å². The number of hydrogen-bond donors (Lipinski definition) is 0. The Morgan fingerprint density at radius 3 is 2.83 bits per heavy atom. The Kier molecular flexibility index (Phi) is 3.66. The summed E-state index contributed by atoms with van der Waals surface area (Å²) >= 11 is 0. The number of benzene rings is 1. The number of aryl methyl sites for hydroxylation is 1. The first-order valence-electron chi connectivity index (χ1n) is 8.95. The van der Waals surface area contributed by atoms with Crippen LogP contribution >= 0.6 is 0 Å².